The summed E-state index contributed by atoms with van der Waals surface area (Å²) in [7, 11) is 5.37. The molecule has 0 radical (unpaired) electrons. The van der Waals surface area contributed by atoms with E-state index in [-0.39, 0.29) is 12.5 Å². The Morgan fingerprint density at radius 2 is 2.14 bits per heavy atom. The highest BCUT2D eigenvalue weighted by atomic mass is 16.5. The maximum atomic E-state index is 12.1. The van der Waals surface area contributed by atoms with Gasteiger partial charge in [-0.05, 0) is 24.3 Å². The Bertz CT molecular complexity index is 629. The molecule has 0 aliphatic carbocycles. The average Bonchev–Trinajstić information content (AvgIpc) is 2.53. The van der Waals surface area contributed by atoms with Gasteiger partial charge in [-0.15, -0.1) is 0 Å². The smallest absolute Gasteiger partial charge is 0.251 e. The molecule has 110 valence electrons. The lowest BCUT2D eigenvalue weighted by Crippen LogP contribution is -2.24. The van der Waals surface area contributed by atoms with Crippen LogP contribution in [0.1, 0.15) is 16.2 Å². The minimum Gasteiger partial charge on any atom is -0.497 e. The van der Waals surface area contributed by atoms with Crippen molar-refractivity contribution in [3.8, 4) is 5.75 Å². The third kappa shape index (κ3) is 3.92. The summed E-state index contributed by atoms with van der Waals surface area (Å²) < 4.78 is 5.10. The van der Waals surface area contributed by atoms with Crippen LogP contribution in [-0.2, 0) is 6.54 Å². The van der Waals surface area contributed by atoms with Gasteiger partial charge < -0.3 is 15.0 Å². The van der Waals surface area contributed by atoms with Crippen molar-refractivity contribution in [1.29, 1.82) is 0 Å². The number of hydrogen-bond acceptors (Lipinski definition) is 5. The van der Waals surface area contributed by atoms with E-state index in [0.29, 0.717) is 17.1 Å². The normalized spacial score (nSPS) is 10.0. The largest absolute Gasteiger partial charge is 0.497 e. The molecule has 1 aromatic heterocycles. The molecule has 2 rings (SSSR count). The van der Waals surface area contributed by atoms with Gasteiger partial charge in [0.25, 0.3) is 5.91 Å². The van der Waals surface area contributed by atoms with Crippen LogP contribution in [0, 0.1) is 0 Å². The van der Waals surface area contributed by atoms with Crippen LogP contribution in [0.5, 0.6) is 5.75 Å². The third-order valence-corrected chi connectivity index (χ3v) is 2.89. The number of nitrogens with zero attached hydrogens (tertiary/aromatic N) is 3. The molecule has 1 N–H and O–H groups in total. The van der Waals surface area contributed by atoms with Gasteiger partial charge in [0.05, 0.1) is 13.7 Å². The van der Waals surface area contributed by atoms with E-state index in [1.165, 1.54) is 0 Å². The van der Waals surface area contributed by atoms with Crippen molar-refractivity contribution >= 4 is 11.7 Å². The van der Waals surface area contributed by atoms with Crippen molar-refractivity contribution in [3.63, 3.8) is 0 Å². The summed E-state index contributed by atoms with van der Waals surface area (Å²) in [6, 6.07) is 8.80. The summed E-state index contributed by atoms with van der Waals surface area (Å²) in [4.78, 5) is 22.4. The Balaban J connectivity index is 2.02. The zero-order chi connectivity index (χ0) is 15.2. The highest BCUT2D eigenvalue weighted by molar-refractivity contribution is 5.94. The van der Waals surface area contributed by atoms with E-state index in [2.05, 4.69) is 15.3 Å². The van der Waals surface area contributed by atoms with Gasteiger partial charge in [-0.3, -0.25) is 4.79 Å². The number of carbonyl (C=O) groups is 1. The topological polar surface area (TPSA) is 67.3 Å². The Morgan fingerprint density at radius 1 is 1.33 bits per heavy atom. The summed E-state index contributed by atoms with van der Waals surface area (Å²) in [5.41, 5.74) is 0.540. The van der Waals surface area contributed by atoms with Crippen LogP contribution in [0.3, 0.4) is 0 Å². The molecule has 0 spiro atoms. The molecule has 0 fully saturated rings. The molecule has 1 amide bonds. The predicted octanol–water partition coefficient (Wildman–Crippen LogP) is 1.48. The van der Waals surface area contributed by atoms with Crippen molar-refractivity contribution < 1.29 is 9.53 Å². The monoisotopic (exact) mass is 286 g/mol. The molecule has 0 unspecified atom stereocenters. The first-order chi connectivity index (χ1) is 10.1. The van der Waals surface area contributed by atoms with Crippen molar-refractivity contribution in [1.82, 2.24) is 15.3 Å². The fraction of sp³-hybridized carbons (Fsp3) is 0.267. The summed E-state index contributed by atoms with van der Waals surface area (Å²) in [5.74, 6) is 1.83. The Morgan fingerprint density at radius 3 is 2.86 bits per heavy atom. The molecule has 0 aliphatic rings. The summed E-state index contributed by atoms with van der Waals surface area (Å²) in [6.45, 7) is 0.276. The maximum absolute atomic E-state index is 12.1. The molecular weight excluding hydrogens is 268 g/mol. The van der Waals surface area contributed by atoms with Crippen LogP contribution in [0.2, 0.25) is 0 Å². The van der Waals surface area contributed by atoms with Crippen LogP contribution in [-0.4, -0.2) is 37.1 Å². The van der Waals surface area contributed by atoms with Gasteiger partial charge in [0.15, 0.2) is 0 Å². The number of ether oxygens (including phenoxy) is 1. The fourth-order valence-corrected chi connectivity index (χ4v) is 1.75. The van der Waals surface area contributed by atoms with Crippen molar-refractivity contribution in [2.45, 2.75) is 6.54 Å². The number of methoxy groups -OCH3 is 1. The van der Waals surface area contributed by atoms with Crippen molar-refractivity contribution in [3.05, 3.63) is 47.9 Å². The Labute approximate surface area is 123 Å². The molecule has 2 aromatic rings. The van der Waals surface area contributed by atoms with Crippen molar-refractivity contribution in [2.24, 2.45) is 0 Å². The van der Waals surface area contributed by atoms with Crippen molar-refractivity contribution in [2.75, 3.05) is 26.1 Å². The van der Waals surface area contributed by atoms with E-state index in [1.807, 2.05) is 25.1 Å². The van der Waals surface area contributed by atoms with E-state index in [9.17, 15) is 4.79 Å². The van der Waals surface area contributed by atoms with E-state index in [4.69, 9.17) is 4.74 Å². The van der Waals surface area contributed by atoms with E-state index in [0.717, 1.165) is 5.82 Å². The van der Waals surface area contributed by atoms with E-state index < -0.39 is 0 Å². The number of benzene rings is 1. The number of carbonyl (C=O) groups excluding carboxylic acids is 1. The highest BCUT2D eigenvalue weighted by Gasteiger charge is 2.08. The Hall–Kier alpha value is -2.63. The molecule has 0 aliphatic heterocycles. The van der Waals surface area contributed by atoms with E-state index in [1.54, 1.807) is 37.6 Å². The average molecular weight is 286 g/mol. The number of aromatic nitrogens is 2. The number of hydrogen-bond donors (Lipinski definition) is 1. The van der Waals surface area contributed by atoms with Crippen LogP contribution in [0.4, 0.5) is 5.82 Å². The summed E-state index contributed by atoms with van der Waals surface area (Å²) in [5, 5.41) is 2.79. The lowest BCUT2D eigenvalue weighted by atomic mass is 10.2. The van der Waals surface area contributed by atoms with Gasteiger partial charge in [0.1, 0.15) is 17.4 Å². The SMILES string of the molecule is COc1cccc(C(=O)NCc2nccc(N(C)C)n2)c1. The number of nitrogens with one attached hydrogen (secondary N) is 1. The minimum atomic E-state index is -0.187. The highest BCUT2D eigenvalue weighted by Crippen LogP contribution is 2.12. The van der Waals surface area contributed by atoms with E-state index >= 15 is 0 Å². The molecule has 0 atom stereocenters. The molecular formula is C15H18N4O2. The number of amides is 1. The molecule has 0 saturated carbocycles. The third-order valence-electron chi connectivity index (χ3n) is 2.89. The van der Waals surface area contributed by atoms with Crippen LogP contribution in [0.15, 0.2) is 36.5 Å². The summed E-state index contributed by atoms with van der Waals surface area (Å²) >= 11 is 0. The summed E-state index contributed by atoms with van der Waals surface area (Å²) in [6.07, 6.45) is 1.68. The zero-order valence-corrected chi connectivity index (χ0v) is 12.3. The fourth-order valence-electron chi connectivity index (χ4n) is 1.75. The first-order valence-corrected chi connectivity index (χ1v) is 6.51. The molecule has 0 bridgehead atoms. The second-order valence-corrected chi connectivity index (χ2v) is 4.64. The molecule has 6 nitrogen and oxygen atoms in total. The maximum Gasteiger partial charge on any atom is 0.251 e. The molecule has 1 aromatic carbocycles. The molecule has 21 heavy (non-hydrogen) atoms. The van der Waals surface area contributed by atoms with Crippen LogP contribution < -0.4 is 15.0 Å². The standard InChI is InChI=1S/C15H18N4O2/c1-19(2)14-7-8-16-13(18-14)10-17-15(20)11-5-4-6-12(9-11)21-3/h4-9H,10H2,1-3H3,(H,17,20). The van der Waals surface area contributed by atoms with Gasteiger partial charge in [-0.2, -0.15) is 0 Å². The van der Waals surface area contributed by atoms with Gasteiger partial charge >= 0.3 is 0 Å². The van der Waals surface area contributed by atoms with Gasteiger partial charge in [-0.1, -0.05) is 6.07 Å². The minimum absolute atomic E-state index is 0.187. The second-order valence-electron chi connectivity index (χ2n) is 4.64. The first kappa shape index (κ1) is 14.8. The predicted molar refractivity (Wildman–Crippen MR) is 80.5 cm³/mol. The quantitative estimate of drug-likeness (QED) is 0.901. The lowest BCUT2D eigenvalue weighted by molar-refractivity contribution is 0.0949. The number of anilines is 1. The molecule has 1 heterocycles. The molecule has 0 saturated heterocycles. The Kier molecular flexibility index (Phi) is 4.71. The van der Waals surface area contributed by atoms with Crippen LogP contribution in [0.25, 0.3) is 0 Å². The second kappa shape index (κ2) is 6.69. The zero-order valence-electron chi connectivity index (χ0n) is 12.3. The van der Waals surface area contributed by atoms with Gasteiger partial charge in [0.2, 0.25) is 0 Å². The lowest BCUT2D eigenvalue weighted by Gasteiger charge is -2.12. The van der Waals surface area contributed by atoms with Gasteiger partial charge in [0, 0.05) is 25.9 Å². The number of rotatable bonds is 5. The first-order valence-electron chi connectivity index (χ1n) is 6.51. The van der Waals surface area contributed by atoms with Gasteiger partial charge in [-0.25, -0.2) is 9.97 Å². The van der Waals surface area contributed by atoms with Crippen LogP contribution >= 0.6 is 0 Å². The molecule has 6 heteroatoms.